The molecule has 0 heterocycles. The minimum atomic E-state index is 0.752. The number of ether oxygens (including phenoxy) is 1. The molecule has 0 bridgehead atoms. The Bertz CT molecular complexity index is 543. The normalized spacial score (nSPS) is 10.3. The number of para-hydroxylation sites is 2. The molecule has 0 amide bonds. The van der Waals surface area contributed by atoms with Gasteiger partial charge in [-0.2, -0.15) is 0 Å². The summed E-state index contributed by atoms with van der Waals surface area (Å²) in [6.45, 7) is 7.95. The van der Waals surface area contributed by atoms with Crippen molar-refractivity contribution in [3.05, 3.63) is 59.2 Å². The third-order valence-corrected chi connectivity index (χ3v) is 3.11. The van der Waals surface area contributed by atoms with E-state index in [9.17, 15) is 0 Å². The van der Waals surface area contributed by atoms with E-state index in [0.717, 1.165) is 31.0 Å². The van der Waals surface area contributed by atoms with Crippen LogP contribution in [0.3, 0.4) is 0 Å². The molecule has 0 aliphatic carbocycles. The molecule has 0 atom stereocenters. The Morgan fingerprint density at radius 2 is 1.70 bits per heavy atom. The van der Waals surface area contributed by atoms with Crippen molar-refractivity contribution >= 4 is 5.69 Å². The summed E-state index contributed by atoms with van der Waals surface area (Å²) >= 11 is 0. The van der Waals surface area contributed by atoms with Gasteiger partial charge in [-0.05, 0) is 38.0 Å². The highest BCUT2D eigenvalue weighted by Crippen LogP contribution is 2.24. The van der Waals surface area contributed by atoms with E-state index in [2.05, 4.69) is 50.4 Å². The van der Waals surface area contributed by atoms with Gasteiger partial charge in [0, 0.05) is 6.54 Å². The first-order chi connectivity index (χ1) is 9.69. The summed E-state index contributed by atoms with van der Waals surface area (Å²) in [5, 5.41) is 3.47. The molecular weight excluding hydrogens is 246 g/mol. The average Bonchev–Trinajstić information content (AvgIpc) is 2.43. The topological polar surface area (TPSA) is 21.3 Å². The third kappa shape index (κ3) is 4.02. The number of aryl methyl sites for hydroxylation is 2. The van der Waals surface area contributed by atoms with E-state index in [1.54, 1.807) is 0 Å². The van der Waals surface area contributed by atoms with Crippen molar-refractivity contribution in [2.24, 2.45) is 0 Å². The molecule has 0 spiro atoms. The Morgan fingerprint density at radius 1 is 1.00 bits per heavy atom. The molecule has 2 aromatic carbocycles. The van der Waals surface area contributed by atoms with Gasteiger partial charge in [-0.25, -0.2) is 0 Å². The van der Waals surface area contributed by atoms with Crippen molar-refractivity contribution < 1.29 is 4.74 Å². The lowest BCUT2D eigenvalue weighted by molar-refractivity contribution is 0.319. The van der Waals surface area contributed by atoms with Crippen molar-refractivity contribution in [2.45, 2.75) is 33.7 Å². The number of hydrogen-bond acceptors (Lipinski definition) is 2. The lowest BCUT2D eigenvalue weighted by atomic mass is 10.1. The zero-order valence-corrected chi connectivity index (χ0v) is 12.6. The predicted octanol–water partition coefficient (Wildman–Crippen LogP) is 4.70. The van der Waals surface area contributed by atoms with Crippen LogP contribution in [-0.2, 0) is 6.54 Å². The molecule has 0 aliphatic heterocycles. The van der Waals surface area contributed by atoms with Gasteiger partial charge in [0.15, 0.2) is 0 Å². The van der Waals surface area contributed by atoms with Crippen molar-refractivity contribution in [2.75, 3.05) is 11.9 Å². The fraction of sp³-hybridized carbons (Fsp3) is 0.333. The largest absolute Gasteiger partial charge is 0.491 e. The molecule has 0 unspecified atom stereocenters. The van der Waals surface area contributed by atoms with E-state index in [-0.39, 0.29) is 0 Å². The molecule has 1 N–H and O–H groups in total. The number of rotatable bonds is 6. The van der Waals surface area contributed by atoms with Crippen molar-refractivity contribution in [1.29, 1.82) is 0 Å². The van der Waals surface area contributed by atoms with Gasteiger partial charge in [-0.1, -0.05) is 48.4 Å². The Hall–Kier alpha value is -1.96. The second-order valence-corrected chi connectivity index (χ2v) is 5.19. The van der Waals surface area contributed by atoms with Crippen LogP contribution < -0.4 is 10.1 Å². The van der Waals surface area contributed by atoms with Crippen LogP contribution >= 0.6 is 0 Å². The van der Waals surface area contributed by atoms with E-state index in [1.807, 2.05) is 18.2 Å². The van der Waals surface area contributed by atoms with E-state index < -0.39 is 0 Å². The lowest BCUT2D eigenvalue weighted by Crippen LogP contribution is -2.03. The van der Waals surface area contributed by atoms with Crippen LogP contribution in [0.2, 0.25) is 0 Å². The smallest absolute Gasteiger partial charge is 0.142 e. The lowest BCUT2D eigenvalue weighted by Gasteiger charge is -2.13. The van der Waals surface area contributed by atoms with Gasteiger partial charge in [-0.3, -0.25) is 0 Å². The van der Waals surface area contributed by atoms with Crippen LogP contribution in [0.1, 0.15) is 30.0 Å². The fourth-order valence-electron chi connectivity index (χ4n) is 2.32. The average molecular weight is 269 g/mol. The maximum Gasteiger partial charge on any atom is 0.142 e. The maximum atomic E-state index is 5.76. The highest BCUT2D eigenvalue weighted by Gasteiger charge is 2.03. The molecule has 2 nitrogen and oxygen atoms in total. The van der Waals surface area contributed by atoms with Gasteiger partial charge in [0.2, 0.25) is 0 Å². The van der Waals surface area contributed by atoms with Crippen LogP contribution in [0.15, 0.2) is 42.5 Å². The molecule has 0 radical (unpaired) electrons. The number of anilines is 1. The molecule has 2 rings (SSSR count). The summed E-state index contributed by atoms with van der Waals surface area (Å²) in [6.07, 6.45) is 1.02. The number of nitrogens with one attached hydrogen (secondary N) is 1. The van der Waals surface area contributed by atoms with Gasteiger partial charge < -0.3 is 10.1 Å². The molecule has 0 fully saturated rings. The van der Waals surface area contributed by atoms with Crippen molar-refractivity contribution in [3.63, 3.8) is 0 Å². The summed E-state index contributed by atoms with van der Waals surface area (Å²) in [5.41, 5.74) is 4.96. The van der Waals surface area contributed by atoms with Crippen LogP contribution in [0.25, 0.3) is 0 Å². The Balaban J connectivity index is 2.06. The predicted molar refractivity (Wildman–Crippen MR) is 85.5 cm³/mol. The third-order valence-electron chi connectivity index (χ3n) is 3.11. The molecule has 0 saturated carbocycles. The summed E-state index contributed by atoms with van der Waals surface area (Å²) in [5.74, 6) is 0.929. The summed E-state index contributed by atoms with van der Waals surface area (Å²) in [6, 6.07) is 14.7. The van der Waals surface area contributed by atoms with Gasteiger partial charge in [-0.15, -0.1) is 0 Å². The van der Waals surface area contributed by atoms with Crippen molar-refractivity contribution in [1.82, 2.24) is 0 Å². The van der Waals surface area contributed by atoms with E-state index in [4.69, 9.17) is 4.74 Å². The Morgan fingerprint density at radius 3 is 2.40 bits per heavy atom. The second kappa shape index (κ2) is 6.99. The maximum absolute atomic E-state index is 5.76. The molecule has 20 heavy (non-hydrogen) atoms. The highest BCUT2D eigenvalue weighted by molar-refractivity contribution is 5.56. The summed E-state index contributed by atoms with van der Waals surface area (Å²) in [4.78, 5) is 0. The SMILES string of the molecule is CCCOc1ccccc1NCc1cc(C)cc(C)c1. The molecule has 0 aromatic heterocycles. The van der Waals surface area contributed by atoms with E-state index >= 15 is 0 Å². The molecule has 106 valence electrons. The first-order valence-electron chi connectivity index (χ1n) is 7.22. The summed E-state index contributed by atoms with van der Waals surface area (Å²) < 4.78 is 5.76. The minimum absolute atomic E-state index is 0.752. The minimum Gasteiger partial charge on any atom is -0.491 e. The van der Waals surface area contributed by atoms with Gasteiger partial charge in [0.1, 0.15) is 5.75 Å². The zero-order chi connectivity index (χ0) is 14.4. The van der Waals surface area contributed by atoms with Crippen molar-refractivity contribution in [3.8, 4) is 5.75 Å². The molecule has 2 heteroatoms. The van der Waals surface area contributed by atoms with Crippen LogP contribution in [0.5, 0.6) is 5.75 Å². The molecule has 2 aromatic rings. The molecular formula is C18H23NO. The molecule has 0 aliphatic rings. The first kappa shape index (κ1) is 14.4. The van der Waals surface area contributed by atoms with Gasteiger partial charge >= 0.3 is 0 Å². The summed E-state index contributed by atoms with van der Waals surface area (Å²) in [7, 11) is 0. The fourth-order valence-corrected chi connectivity index (χ4v) is 2.32. The molecule has 0 saturated heterocycles. The van der Waals surface area contributed by atoms with E-state index in [1.165, 1.54) is 16.7 Å². The van der Waals surface area contributed by atoms with Gasteiger partial charge in [0.05, 0.1) is 12.3 Å². The van der Waals surface area contributed by atoms with Crippen LogP contribution in [-0.4, -0.2) is 6.61 Å². The quantitative estimate of drug-likeness (QED) is 0.820. The Kier molecular flexibility index (Phi) is 5.05. The number of benzene rings is 2. The monoisotopic (exact) mass is 269 g/mol. The highest BCUT2D eigenvalue weighted by atomic mass is 16.5. The Labute approximate surface area is 121 Å². The van der Waals surface area contributed by atoms with E-state index in [0.29, 0.717) is 0 Å². The standard InChI is InChI=1S/C18H23NO/c1-4-9-20-18-8-6-5-7-17(18)19-13-16-11-14(2)10-15(3)12-16/h5-8,10-12,19H,4,9,13H2,1-3H3. The number of hydrogen-bond donors (Lipinski definition) is 1. The van der Waals surface area contributed by atoms with Crippen LogP contribution in [0.4, 0.5) is 5.69 Å². The first-order valence-corrected chi connectivity index (χ1v) is 7.22. The van der Waals surface area contributed by atoms with Gasteiger partial charge in [0.25, 0.3) is 0 Å². The second-order valence-electron chi connectivity index (χ2n) is 5.19. The van der Waals surface area contributed by atoms with Crippen LogP contribution in [0, 0.1) is 13.8 Å². The zero-order valence-electron chi connectivity index (χ0n) is 12.6.